The Labute approximate surface area is 129 Å². The van der Waals surface area contributed by atoms with Gasteiger partial charge in [-0.05, 0) is 48.7 Å². The van der Waals surface area contributed by atoms with E-state index < -0.39 is 10.0 Å². The van der Waals surface area contributed by atoms with E-state index >= 15 is 0 Å². The van der Waals surface area contributed by atoms with Gasteiger partial charge in [-0.15, -0.1) is 0 Å². The van der Waals surface area contributed by atoms with Crippen LogP contribution in [0, 0.1) is 0 Å². The van der Waals surface area contributed by atoms with Crippen molar-refractivity contribution in [2.45, 2.75) is 17.7 Å². The summed E-state index contributed by atoms with van der Waals surface area (Å²) in [6.07, 6.45) is 1.73. The maximum atomic E-state index is 12.5. The van der Waals surface area contributed by atoms with Crippen molar-refractivity contribution in [3.8, 4) is 11.5 Å². The Bertz CT molecular complexity index is 786. The number of hydrogen-bond donors (Lipinski definition) is 1. The predicted molar refractivity (Wildman–Crippen MR) is 84.1 cm³/mol. The first-order valence-corrected chi connectivity index (χ1v) is 8.50. The molecule has 6 heteroatoms. The fraction of sp³-hybridized carbons (Fsp3) is 0.250. The summed E-state index contributed by atoms with van der Waals surface area (Å²) in [7, 11) is -2.16. The zero-order valence-electron chi connectivity index (χ0n) is 12.2. The number of ether oxygens (including phenoxy) is 2. The Morgan fingerprint density at radius 3 is 2.82 bits per heavy atom. The molecule has 1 heterocycles. The summed E-state index contributed by atoms with van der Waals surface area (Å²) in [5.41, 5.74) is 1.34. The normalized spacial score (nSPS) is 13.9. The van der Waals surface area contributed by atoms with Gasteiger partial charge in [-0.25, -0.2) is 8.42 Å². The first kappa shape index (κ1) is 14.7. The third-order valence-electron chi connectivity index (χ3n) is 3.54. The van der Waals surface area contributed by atoms with Gasteiger partial charge in [0.2, 0.25) is 0 Å². The Balaban J connectivity index is 1.93. The van der Waals surface area contributed by atoms with Crippen LogP contribution in [-0.4, -0.2) is 22.1 Å². The Morgan fingerprint density at radius 2 is 2.00 bits per heavy atom. The van der Waals surface area contributed by atoms with Gasteiger partial charge in [0.25, 0.3) is 10.0 Å². The van der Waals surface area contributed by atoms with E-state index in [1.165, 1.54) is 7.11 Å². The molecule has 2 aromatic rings. The Morgan fingerprint density at radius 1 is 1.18 bits per heavy atom. The van der Waals surface area contributed by atoms with Gasteiger partial charge in [-0.3, -0.25) is 4.72 Å². The number of methoxy groups -OCH3 is 1. The van der Waals surface area contributed by atoms with Crippen molar-refractivity contribution in [1.29, 1.82) is 0 Å². The highest BCUT2D eigenvalue weighted by Gasteiger charge is 2.19. The smallest absolute Gasteiger partial charge is 0.262 e. The molecule has 1 aliphatic rings. The summed E-state index contributed by atoms with van der Waals surface area (Å²) in [6.45, 7) is 0.679. The Kier molecular flexibility index (Phi) is 3.94. The molecule has 0 bridgehead atoms. The van der Waals surface area contributed by atoms with Crippen molar-refractivity contribution in [2.75, 3.05) is 18.4 Å². The zero-order valence-corrected chi connectivity index (χ0v) is 13.0. The second-order valence-corrected chi connectivity index (χ2v) is 6.71. The molecule has 0 atom stereocenters. The fourth-order valence-corrected chi connectivity index (χ4v) is 3.56. The molecule has 116 valence electrons. The molecule has 0 saturated heterocycles. The molecule has 3 rings (SSSR count). The average Bonchev–Trinajstić information content (AvgIpc) is 2.54. The van der Waals surface area contributed by atoms with Gasteiger partial charge in [0.05, 0.1) is 24.3 Å². The Hall–Kier alpha value is -2.21. The molecule has 2 aromatic carbocycles. The van der Waals surface area contributed by atoms with Gasteiger partial charge in [0.15, 0.2) is 0 Å². The third-order valence-corrected chi connectivity index (χ3v) is 4.90. The molecule has 0 amide bonds. The largest absolute Gasteiger partial charge is 0.495 e. The maximum Gasteiger partial charge on any atom is 0.262 e. The van der Waals surface area contributed by atoms with Crippen LogP contribution in [0.1, 0.15) is 12.0 Å². The highest BCUT2D eigenvalue weighted by Crippen LogP contribution is 2.30. The summed E-state index contributed by atoms with van der Waals surface area (Å²) < 4.78 is 38.3. The third kappa shape index (κ3) is 2.87. The number of sulfonamides is 1. The van der Waals surface area contributed by atoms with Gasteiger partial charge in [-0.2, -0.15) is 0 Å². The van der Waals surface area contributed by atoms with Gasteiger partial charge >= 0.3 is 0 Å². The van der Waals surface area contributed by atoms with Crippen LogP contribution in [0.2, 0.25) is 0 Å². The summed E-state index contributed by atoms with van der Waals surface area (Å²) in [5.74, 6) is 1.25. The monoisotopic (exact) mass is 319 g/mol. The van der Waals surface area contributed by atoms with Crippen LogP contribution in [0.4, 0.5) is 5.69 Å². The molecule has 1 N–H and O–H groups in total. The van der Waals surface area contributed by atoms with E-state index in [1.807, 2.05) is 0 Å². The lowest BCUT2D eigenvalue weighted by Crippen LogP contribution is -2.15. The first-order chi connectivity index (χ1) is 10.6. The summed E-state index contributed by atoms with van der Waals surface area (Å²) >= 11 is 0. The number of benzene rings is 2. The first-order valence-electron chi connectivity index (χ1n) is 7.02. The van der Waals surface area contributed by atoms with Gasteiger partial charge in [0, 0.05) is 0 Å². The molecular weight excluding hydrogens is 302 g/mol. The lowest BCUT2D eigenvalue weighted by Gasteiger charge is -2.18. The number of anilines is 1. The quantitative estimate of drug-likeness (QED) is 0.941. The lowest BCUT2D eigenvalue weighted by molar-refractivity contribution is 0.288. The van der Waals surface area contributed by atoms with Gasteiger partial charge in [-0.1, -0.05) is 12.1 Å². The van der Waals surface area contributed by atoms with Crippen molar-refractivity contribution in [1.82, 2.24) is 0 Å². The van der Waals surface area contributed by atoms with E-state index in [-0.39, 0.29) is 4.90 Å². The van der Waals surface area contributed by atoms with Crippen LogP contribution in [-0.2, 0) is 16.4 Å². The molecule has 1 aliphatic heterocycles. The SMILES string of the molecule is COc1ccccc1NS(=O)(=O)c1ccc2c(c1)CCCO2. The van der Waals surface area contributed by atoms with Gasteiger partial charge in [0.1, 0.15) is 11.5 Å². The topological polar surface area (TPSA) is 64.6 Å². The molecule has 0 spiro atoms. The van der Waals surface area contributed by atoms with Crippen molar-refractivity contribution in [3.05, 3.63) is 48.0 Å². The van der Waals surface area contributed by atoms with E-state index in [1.54, 1.807) is 42.5 Å². The van der Waals surface area contributed by atoms with E-state index in [0.717, 1.165) is 24.2 Å². The number of nitrogens with one attached hydrogen (secondary N) is 1. The maximum absolute atomic E-state index is 12.5. The lowest BCUT2D eigenvalue weighted by atomic mass is 10.1. The van der Waals surface area contributed by atoms with E-state index in [2.05, 4.69) is 4.72 Å². The molecule has 0 fully saturated rings. The highest BCUT2D eigenvalue weighted by molar-refractivity contribution is 7.92. The van der Waals surface area contributed by atoms with Gasteiger partial charge < -0.3 is 9.47 Å². The molecule has 0 radical (unpaired) electrons. The average molecular weight is 319 g/mol. The van der Waals surface area contributed by atoms with Crippen LogP contribution >= 0.6 is 0 Å². The highest BCUT2D eigenvalue weighted by atomic mass is 32.2. The minimum Gasteiger partial charge on any atom is -0.495 e. The van der Waals surface area contributed by atoms with Crippen molar-refractivity contribution < 1.29 is 17.9 Å². The second kappa shape index (κ2) is 5.88. The van der Waals surface area contributed by atoms with Crippen LogP contribution in [0.3, 0.4) is 0 Å². The van der Waals surface area contributed by atoms with Crippen LogP contribution in [0.15, 0.2) is 47.4 Å². The number of rotatable bonds is 4. The number of hydrogen-bond acceptors (Lipinski definition) is 4. The van der Waals surface area contributed by atoms with Crippen LogP contribution in [0.5, 0.6) is 11.5 Å². The predicted octanol–water partition coefficient (Wildman–Crippen LogP) is 2.82. The second-order valence-electron chi connectivity index (χ2n) is 5.03. The van der Waals surface area contributed by atoms with E-state index in [9.17, 15) is 8.42 Å². The number of fused-ring (bicyclic) bond motifs is 1. The van der Waals surface area contributed by atoms with Crippen molar-refractivity contribution >= 4 is 15.7 Å². The zero-order chi connectivity index (χ0) is 15.6. The molecule has 0 aromatic heterocycles. The number of aryl methyl sites for hydroxylation is 1. The van der Waals surface area contributed by atoms with Crippen molar-refractivity contribution in [3.63, 3.8) is 0 Å². The minimum absolute atomic E-state index is 0.225. The molecule has 0 unspecified atom stereocenters. The van der Waals surface area contributed by atoms with Crippen LogP contribution in [0.25, 0.3) is 0 Å². The summed E-state index contributed by atoms with van der Waals surface area (Å²) in [5, 5.41) is 0. The molecule has 22 heavy (non-hydrogen) atoms. The summed E-state index contributed by atoms with van der Waals surface area (Å²) in [4.78, 5) is 0.225. The molecule has 0 saturated carbocycles. The van der Waals surface area contributed by atoms with Crippen molar-refractivity contribution in [2.24, 2.45) is 0 Å². The van der Waals surface area contributed by atoms with E-state index in [0.29, 0.717) is 18.0 Å². The number of para-hydroxylation sites is 2. The summed E-state index contributed by atoms with van der Waals surface area (Å²) in [6, 6.07) is 11.9. The molecule has 5 nitrogen and oxygen atoms in total. The molecule has 0 aliphatic carbocycles. The standard InChI is InChI=1S/C16H17NO4S/c1-20-16-7-3-2-6-14(16)17-22(18,19)13-8-9-15-12(11-13)5-4-10-21-15/h2-3,6-9,11,17H,4-5,10H2,1H3. The fourth-order valence-electron chi connectivity index (χ4n) is 2.44. The minimum atomic E-state index is -3.66. The molecular formula is C16H17NO4S. The van der Waals surface area contributed by atoms with Crippen LogP contribution < -0.4 is 14.2 Å². The van der Waals surface area contributed by atoms with E-state index in [4.69, 9.17) is 9.47 Å².